The standard InChI is InChI=1S/C12H16F2N2O3/c1-8(12(18)19)6-15(2)11(17)9-4-3-5-16(9)7-10(13)14/h3-5,8,10H,6-7H2,1-2H3,(H,18,19). The zero-order valence-electron chi connectivity index (χ0n) is 10.7. The number of alkyl halides is 2. The SMILES string of the molecule is CC(CN(C)C(=O)c1cccn1CC(F)F)C(=O)O. The first-order valence-electron chi connectivity index (χ1n) is 5.74. The number of carbonyl (C=O) groups excluding carboxylic acids is 1. The minimum atomic E-state index is -2.55. The highest BCUT2D eigenvalue weighted by atomic mass is 19.3. The molecule has 0 radical (unpaired) electrons. The van der Waals surface area contributed by atoms with E-state index in [0.29, 0.717) is 0 Å². The Morgan fingerprint density at radius 3 is 2.63 bits per heavy atom. The molecule has 1 heterocycles. The highest BCUT2D eigenvalue weighted by molar-refractivity contribution is 5.92. The monoisotopic (exact) mass is 274 g/mol. The van der Waals surface area contributed by atoms with Gasteiger partial charge in [0.25, 0.3) is 12.3 Å². The molecule has 0 aliphatic rings. The Bertz CT molecular complexity index is 460. The van der Waals surface area contributed by atoms with Crippen LogP contribution in [-0.2, 0) is 11.3 Å². The van der Waals surface area contributed by atoms with Crippen LogP contribution in [0.5, 0.6) is 0 Å². The van der Waals surface area contributed by atoms with Crippen molar-refractivity contribution in [1.29, 1.82) is 0 Å². The van der Waals surface area contributed by atoms with E-state index >= 15 is 0 Å². The summed E-state index contributed by atoms with van der Waals surface area (Å²) in [5.74, 6) is -2.20. The number of hydrogen-bond donors (Lipinski definition) is 1. The van der Waals surface area contributed by atoms with Gasteiger partial charge in [-0.25, -0.2) is 8.78 Å². The van der Waals surface area contributed by atoms with Gasteiger partial charge in [0.15, 0.2) is 0 Å². The quantitative estimate of drug-likeness (QED) is 0.856. The third kappa shape index (κ3) is 4.04. The van der Waals surface area contributed by atoms with Crippen LogP contribution in [0.1, 0.15) is 17.4 Å². The van der Waals surface area contributed by atoms with Gasteiger partial charge >= 0.3 is 5.97 Å². The van der Waals surface area contributed by atoms with E-state index in [0.717, 1.165) is 4.57 Å². The molecule has 0 saturated heterocycles. The van der Waals surface area contributed by atoms with E-state index in [-0.39, 0.29) is 12.2 Å². The van der Waals surface area contributed by atoms with Gasteiger partial charge in [0, 0.05) is 19.8 Å². The second-order valence-corrected chi connectivity index (χ2v) is 4.36. The van der Waals surface area contributed by atoms with Gasteiger partial charge in [0.1, 0.15) is 5.69 Å². The topological polar surface area (TPSA) is 62.5 Å². The smallest absolute Gasteiger partial charge is 0.308 e. The molecular formula is C12H16F2N2O3. The summed E-state index contributed by atoms with van der Waals surface area (Å²) in [5.41, 5.74) is 0.125. The summed E-state index contributed by atoms with van der Waals surface area (Å²) in [4.78, 5) is 24.0. The average Bonchev–Trinajstić information content (AvgIpc) is 2.74. The predicted molar refractivity (Wildman–Crippen MR) is 64.2 cm³/mol. The molecule has 1 rings (SSSR count). The van der Waals surface area contributed by atoms with Crippen molar-refractivity contribution in [3.63, 3.8) is 0 Å². The first-order chi connectivity index (χ1) is 8.82. The molecule has 0 saturated carbocycles. The van der Waals surface area contributed by atoms with Crippen LogP contribution in [0.2, 0.25) is 0 Å². The van der Waals surface area contributed by atoms with E-state index in [2.05, 4.69) is 0 Å². The highest BCUT2D eigenvalue weighted by Crippen LogP contribution is 2.10. The summed E-state index contributed by atoms with van der Waals surface area (Å²) in [6.45, 7) is 0.939. The molecular weight excluding hydrogens is 258 g/mol. The number of amides is 1. The number of carboxylic acids is 1. The Kier molecular flexibility index (Phi) is 5.02. The number of aliphatic carboxylic acids is 1. The van der Waals surface area contributed by atoms with Crippen molar-refractivity contribution in [2.45, 2.75) is 19.9 Å². The van der Waals surface area contributed by atoms with E-state index in [1.807, 2.05) is 0 Å². The van der Waals surface area contributed by atoms with Crippen LogP contribution >= 0.6 is 0 Å². The Labute approximate surface area is 109 Å². The Morgan fingerprint density at radius 1 is 1.47 bits per heavy atom. The summed E-state index contributed by atoms with van der Waals surface area (Å²) >= 11 is 0. The molecule has 1 aromatic rings. The number of carbonyl (C=O) groups is 2. The largest absolute Gasteiger partial charge is 0.481 e. The zero-order chi connectivity index (χ0) is 14.6. The molecule has 0 spiro atoms. The second-order valence-electron chi connectivity index (χ2n) is 4.36. The fourth-order valence-corrected chi connectivity index (χ4v) is 1.68. The molecule has 0 aromatic carbocycles. The molecule has 0 aliphatic carbocycles. The van der Waals surface area contributed by atoms with Crippen molar-refractivity contribution in [2.75, 3.05) is 13.6 Å². The van der Waals surface area contributed by atoms with Crippen LogP contribution < -0.4 is 0 Å². The van der Waals surface area contributed by atoms with Crippen LogP contribution in [0.4, 0.5) is 8.78 Å². The van der Waals surface area contributed by atoms with E-state index < -0.39 is 30.8 Å². The molecule has 0 fully saturated rings. The second kappa shape index (κ2) is 6.31. The van der Waals surface area contributed by atoms with E-state index in [4.69, 9.17) is 5.11 Å². The maximum absolute atomic E-state index is 12.3. The highest BCUT2D eigenvalue weighted by Gasteiger charge is 2.21. The molecule has 1 unspecified atom stereocenters. The number of rotatable bonds is 6. The number of nitrogens with zero attached hydrogens (tertiary/aromatic N) is 2. The van der Waals surface area contributed by atoms with Crippen molar-refractivity contribution in [1.82, 2.24) is 9.47 Å². The third-order valence-electron chi connectivity index (χ3n) is 2.70. The summed E-state index contributed by atoms with van der Waals surface area (Å²) in [7, 11) is 1.45. The van der Waals surface area contributed by atoms with Crippen molar-refractivity contribution in [3.05, 3.63) is 24.0 Å². The molecule has 1 N–H and O–H groups in total. The lowest BCUT2D eigenvalue weighted by Gasteiger charge is -2.20. The number of carboxylic acid groups (broad SMARTS) is 1. The van der Waals surface area contributed by atoms with Gasteiger partial charge in [0.05, 0.1) is 12.5 Å². The predicted octanol–water partition coefficient (Wildman–Crippen LogP) is 1.55. The van der Waals surface area contributed by atoms with Crippen molar-refractivity contribution in [3.8, 4) is 0 Å². The molecule has 19 heavy (non-hydrogen) atoms. The molecule has 7 heteroatoms. The lowest BCUT2D eigenvalue weighted by Crippen LogP contribution is -2.35. The average molecular weight is 274 g/mol. The molecule has 1 amide bonds. The van der Waals surface area contributed by atoms with Gasteiger partial charge in [-0.05, 0) is 12.1 Å². The summed E-state index contributed by atoms with van der Waals surface area (Å²) in [6.07, 6.45) is -1.16. The first kappa shape index (κ1) is 15.1. The Morgan fingerprint density at radius 2 is 2.11 bits per heavy atom. The normalized spacial score (nSPS) is 12.5. The first-order valence-corrected chi connectivity index (χ1v) is 5.74. The Hall–Kier alpha value is -1.92. The lowest BCUT2D eigenvalue weighted by molar-refractivity contribution is -0.141. The van der Waals surface area contributed by atoms with Crippen molar-refractivity contribution in [2.24, 2.45) is 5.92 Å². The molecule has 1 aromatic heterocycles. The van der Waals surface area contributed by atoms with Crippen molar-refractivity contribution < 1.29 is 23.5 Å². The minimum Gasteiger partial charge on any atom is -0.481 e. The van der Waals surface area contributed by atoms with E-state index in [1.165, 1.54) is 37.2 Å². The van der Waals surface area contributed by atoms with Gasteiger partial charge < -0.3 is 14.6 Å². The molecule has 1 atom stereocenters. The minimum absolute atomic E-state index is 0.0219. The maximum Gasteiger partial charge on any atom is 0.308 e. The van der Waals surface area contributed by atoms with Gasteiger partial charge in [-0.2, -0.15) is 0 Å². The van der Waals surface area contributed by atoms with E-state index in [1.54, 1.807) is 0 Å². The van der Waals surface area contributed by atoms with Crippen LogP contribution in [0.25, 0.3) is 0 Å². The summed E-state index contributed by atoms with van der Waals surface area (Å²) < 4.78 is 25.8. The maximum atomic E-state index is 12.3. The van der Waals surface area contributed by atoms with Crippen molar-refractivity contribution >= 4 is 11.9 Å². The van der Waals surface area contributed by atoms with Crippen LogP contribution in [-0.4, -0.2) is 46.5 Å². The third-order valence-corrected chi connectivity index (χ3v) is 2.70. The molecule has 106 valence electrons. The van der Waals surface area contributed by atoms with Gasteiger partial charge in [-0.3, -0.25) is 9.59 Å². The van der Waals surface area contributed by atoms with Gasteiger partial charge in [-0.15, -0.1) is 0 Å². The summed E-state index contributed by atoms with van der Waals surface area (Å²) in [5, 5.41) is 8.77. The van der Waals surface area contributed by atoms with Gasteiger partial charge in [-0.1, -0.05) is 6.92 Å². The number of aromatic nitrogens is 1. The molecule has 0 aliphatic heterocycles. The van der Waals surface area contributed by atoms with Crippen LogP contribution in [0.15, 0.2) is 18.3 Å². The molecule has 5 nitrogen and oxygen atoms in total. The van der Waals surface area contributed by atoms with Gasteiger partial charge in [0.2, 0.25) is 0 Å². The fraction of sp³-hybridized carbons (Fsp3) is 0.500. The van der Waals surface area contributed by atoms with E-state index in [9.17, 15) is 18.4 Å². The number of hydrogen-bond acceptors (Lipinski definition) is 2. The lowest BCUT2D eigenvalue weighted by atomic mass is 10.1. The zero-order valence-corrected chi connectivity index (χ0v) is 10.7. The summed E-state index contributed by atoms with van der Waals surface area (Å²) in [6, 6.07) is 2.94. The molecule has 0 bridgehead atoms. The van der Waals surface area contributed by atoms with Crippen LogP contribution in [0.3, 0.4) is 0 Å². The Balaban J connectivity index is 2.77. The number of halogens is 2. The fourth-order valence-electron chi connectivity index (χ4n) is 1.68. The van der Waals surface area contributed by atoms with Crippen LogP contribution in [0, 0.1) is 5.92 Å².